The number of nitrogens with zero attached hydrogens (tertiary/aromatic N) is 1. The highest BCUT2D eigenvalue weighted by molar-refractivity contribution is 5.93. The van der Waals surface area contributed by atoms with Crippen LogP contribution >= 0.6 is 0 Å². The number of anilines is 1. The molecule has 0 radical (unpaired) electrons. The molecular formula is C11H11F5N2O3. The maximum Gasteiger partial charge on any atom is 0.433 e. The van der Waals surface area contributed by atoms with Crippen molar-refractivity contribution in [2.45, 2.75) is 12.6 Å². The van der Waals surface area contributed by atoms with E-state index in [0.29, 0.717) is 6.07 Å². The van der Waals surface area contributed by atoms with Gasteiger partial charge in [0.05, 0.1) is 6.61 Å². The molecule has 1 aromatic heterocycles. The summed E-state index contributed by atoms with van der Waals surface area (Å²) in [7, 11) is 0. The maximum absolute atomic E-state index is 12.5. The van der Waals surface area contributed by atoms with Crippen molar-refractivity contribution in [2.24, 2.45) is 0 Å². The van der Waals surface area contributed by atoms with E-state index in [9.17, 15) is 26.7 Å². The zero-order valence-corrected chi connectivity index (χ0v) is 10.5. The normalized spacial score (nSPS) is 11.7. The molecule has 0 saturated carbocycles. The highest BCUT2D eigenvalue weighted by atomic mass is 19.4. The highest BCUT2D eigenvalue weighted by Gasteiger charge is 2.33. The van der Waals surface area contributed by atoms with Gasteiger partial charge in [0.25, 0.3) is 6.43 Å². The minimum absolute atomic E-state index is 0.165. The molecule has 5 nitrogen and oxygen atoms in total. The maximum atomic E-state index is 12.5. The fourth-order valence-corrected chi connectivity index (χ4v) is 1.34. The van der Waals surface area contributed by atoms with Gasteiger partial charge >= 0.3 is 12.1 Å². The minimum Gasteiger partial charge on any atom is -0.478 e. The van der Waals surface area contributed by atoms with E-state index in [1.165, 1.54) is 0 Å². The van der Waals surface area contributed by atoms with Crippen LogP contribution in [-0.2, 0) is 10.9 Å². The van der Waals surface area contributed by atoms with Crippen LogP contribution in [0.2, 0.25) is 0 Å². The van der Waals surface area contributed by atoms with E-state index in [-0.39, 0.29) is 13.2 Å². The first-order valence-corrected chi connectivity index (χ1v) is 5.63. The SMILES string of the molecule is O=C(O)c1ccc(C(F)(F)F)nc1NCCOCC(F)F. The lowest BCUT2D eigenvalue weighted by atomic mass is 10.2. The number of hydrogen-bond acceptors (Lipinski definition) is 4. The largest absolute Gasteiger partial charge is 0.478 e. The lowest BCUT2D eigenvalue weighted by molar-refractivity contribution is -0.141. The van der Waals surface area contributed by atoms with Crippen LogP contribution in [0.3, 0.4) is 0 Å². The van der Waals surface area contributed by atoms with Crippen LogP contribution in [0.15, 0.2) is 12.1 Å². The molecule has 0 bridgehead atoms. The molecule has 118 valence electrons. The van der Waals surface area contributed by atoms with E-state index in [4.69, 9.17) is 5.11 Å². The van der Waals surface area contributed by atoms with Crippen LogP contribution in [0.4, 0.5) is 27.8 Å². The Morgan fingerprint density at radius 2 is 2.05 bits per heavy atom. The monoisotopic (exact) mass is 314 g/mol. The van der Waals surface area contributed by atoms with Crippen molar-refractivity contribution in [3.05, 3.63) is 23.4 Å². The summed E-state index contributed by atoms with van der Waals surface area (Å²) >= 11 is 0. The number of aromatic nitrogens is 1. The number of pyridine rings is 1. The molecule has 1 heterocycles. The number of hydrogen-bond donors (Lipinski definition) is 2. The van der Waals surface area contributed by atoms with Gasteiger partial charge in [-0.2, -0.15) is 13.2 Å². The molecule has 0 fully saturated rings. The molecule has 1 rings (SSSR count). The Balaban J connectivity index is 2.75. The fourth-order valence-electron chi connectivity index (χ4n) is 1.34. The first-order chi connectivity index (χ1) is 9.71. The van der Waals surface area contributed by atoms with Crippen molar-refractivity contribution in [2.75, 3.05) is 25.1 Å². The number of rotatable bonds is 7. The minimum atomic E-state index is -4.72. The molecule has 2 N–H and O–H groups in total. The van der Waals surface area contributed by atoms with E-state index >= 15 is 0 Å². The number of nitrogens with one attached hydrogen (secondary N) is 1. The summed E-state index contributed by atoms with van der Waals surface area (Å²) in [6, 6.07) is 1.31. The first-order valence-electron chi connectivity index (χ1n) is 5.63. The van der Waals surface area contributed by atoms with E-state index < -0.39 is 42.3 Å². The molecule has 0 spiro atoms. The smallest absolute Gasteiger partial charge is 0.433 e. The molecule has 0 aliphatic carbocycles. The third-order valence-corrected chi connectivity index (χ3v) is 2.20. The van der Waals surface area contributed by atoms with Gasteiger partial charge in [0.15, 0.2) is 0 Å². The number of carboxylic acids is 1. The summed E-state index contributed by atoms with van der Waals surface area (Å²) in [5.41, 5.74) is -1.72. The van der Waals surface area contributed by atoms with Crippen LogP contribution in [0.5, 0.6) is 0 Å². The van der Waals surface area contributed by atoms with E-state index in [1.54, 1.807) is 0 Å². The van der Waals surface area contributed by atoms with Crippen LogP contribution < -0.4 is 5.32 Å². The molecule has 0 unspecified atom stereocenters. The van der Waals surface area contributed by atoms with E-state index in [2.05, 4.69) is 15.0 Å². The summed E-state index contributed by atoms with van der Waals surface area (Å²) in [5, 5.41) is 11.2. The first kappa shape index (κ1) is 17.1. The van der Waals surface area contributed by atoms with Crippen molar-refractivity contribution in [3.8, 4) is 0 Å². The van der Waals surface area contributed by atoms with Crippen molar-refractivity contribution in [3.63, 3.8) is 0 Å². The Bertz CT molecular complexity index is 493. The summed E-state index contributed by atoms with van der Waals surface area (Å²) in [4.78, 5) is 14.0. The number of halogens is 5. The predicted molar refractivity (Wildman–Crippen MR) is 61.5 cm³/mol. The van der Waals surface area contributed by atoms with Crippen LogP contribution in [0.25, 0.3) is 0 Å². The number of alkyl halides is 5. The summed E-state index contributed by atoms with van der Waals surface area (Å²) in [6.45, 7) is -1.22. The zero-order valence-electron chi connectivity index (χ0n) is 10.5. The Labute approximate surface area is 115 Å². The van der Waals surface area contributed by atoms with Gasteiger partial charge < -0.3 is 15.2 Å². The lowest BCUT2D eigenvalue weighted by Gasteiger charge is -2.12. The molecule has 0 saturated heterocycles. The second kappa shape index (κ2) is 7.16. The third-order valence-electron chi connectivity index (χ3n) is 2.20. The molecule has 0 amide bonds. The zero-order chi connectivity index (χ0) is 16.0. The van der Waals surface area contributed by atoms with Gasteiger partial charge in [0.1, 0.15) is 23.7 Å². The number of carbonyl (C=O) groups is 1. The molecule has 10 heteroatoms. The van der Waals surface area contributed by atoms with E-state index in [0.717, 1.165) is 6.07 Å². The molecule has 21 heavy (non-hydrogen) atoms. The Morgan fingerprint density at radius 3 is 2.57 bits per heavy atom. The highest BCUT2D eigenvalue weighted by Crippen LogP contribution is 2.29. The topological polar surface area (TPSA) is 71.5 Å². The van der Waals surface area contributed by atoms with Gasteiger partial charge in [0.2, 0.25) is 0 Å². The van der Waals surface area contributed by atoms with Crippen molar-refractivity contribution in [1.29, 1.82) is 0 Å². The average Bonchev–Trinajstić information content (AvgIpc) is 2.36. The van der Waals surface area contributed by atoms with Crippen molar-refractivity contribution < 1.29 is 36.6 Å². The van der Waals surface area contributed by atoms with E-state index in [1.807, 2.05) is 0 Å². The predicted octanol–water partition coefficient (Wildman–Crippen LogP) is 2.49. The quantitative estimate of drug-likeness (QED) is 0.598. The number of ether oxygens (including phenoxy) is 1. The standard InChI is InChI=1S/C11H11F5N2O3/c12-8(13)5-21-4-3-17-9-6(10(19)20)1-2-7(18-9)11(14,15)16/h1-2,8H,3-5H2,(H,17,18)(H,19,20). The lowest BCUT2D eigenvalue weighted by Crippen LogP contribution is -2.18. The van der Waals surface area contributed by atoms with Gasteiger partial charge in [-0.25, -0.2) is 18.6 Å². The molecule has 0 atom stereocenters. The molecule has 0 aliphatic heterocycles. The molecule has 0 aliphatic rings. The fraction of sp³-hybridized carbons (Fsp3) is 0.455. The Hall–Kier alpha value is -1.97. The van der Waals surface area contributed by atoms with Gasteiger partial charge in [-0.1, -0.05) is 0 Å². The summed E-state index contributed by atoms with van der Waals surface area (Å²) < 4.78 is 65.5. The average molecular weight is 314 g/mol. The van der Waals surface area contributed by atoms with Gasteiger partial charge in [-0.3, -0.25) is 0 Å². The summed E-state index contributed by atoms with van der Waals surface area (Å²) in [6.07, 6.45) is -7.38. The molecule has 0 aromatic carbocycles. The third kappa shape index (κ3) is 5.50. The van der Waals surface area contributed by atoms with Gasteiger partial charge in [0, 0.05) is 6.54 Å². The second-order valence-corrected chi connectivity index (χ2v) is 3.79. The van der Waals surface area contributed by atoms with Crippen molar-refractivity contribution in [1.82, 2.24) is 4.98 Å². The van der Waals surface area contributed by atoms with Gasteiger partial charge in [-0.15, -0.1) is 0 Å². The van der Waals surface area contributed by atoms with Crippen LogP contribution in [0.1, 0.15) is 16.1 Å². The molecular weight excluding hydrogens is 303 g/mol. The molecule has 1 aromatic rings. The second-order valence-electron chi connectivity index (χ2n) is 3.79. The number of aromatic carboxylic acids is 1. The van der Waals surface area contributed by atoms with Crippen molar-refractivity contribution >= 4 is 11.8 Å². The van der Waals surface area contributed by atoms with Crippen LogP contribution in [-0.4, -0.2) is 42.2 Å². The Kier molecular flexibility index (Phi) is 5.82. The Morgan fingerprint density at radius 1 is 1.38 bits per heavy atom. The summed E-state index contributed by atoms with van der Waals surface area (Å²) in [5.74, 6) is -1.97. The van der Waals surface area contributed by atoms with Gasteiger partial charge in [-0.05, 0) is 12.1 Å². The van der Waals surface area contributed by atoms with Crippen LogP contribution in [0, 0.1) is 0 Å². The number of carboxylic acid groups (broad SMARTS) is 1.